The van der Waals surface area contributed by atoms with E-state index in [0.29, 0.717) is 0 Å². The minimum atomic E-state index is -1.76. The molecule has 0 bridgehead atoms. The van der Waals surface area contributed by atoms with Crippen LogP contribution >= 0.6 is 0 Å². The van der Waals surface area contributed by atoms with Gasteiger partial charge in [-0.25, -0.2) is 4.79 Å². The minimum Gasteiger partial charge on any atom is -0.380 e. The largest absolute Gasteiger partial charge is 0.380 e. The Morgan fingerprint density at radius 1 is 1.14 bits per heavy atom. The highest BCUT2D eigenvalue weighted by atomic mass is 19.2. The highest BCUT2D eigenvalue weighted by Crippen LogP contribution is 2.21. The number of hydrogen-bond acceptors (Lipinski definition) is 4. The van der Waals surface area contributed by atoms with E-state index in [0.717, 1.165) is 4.90 Å². The second-order valence-corrected chi connectivity index (χ2v) is 4.18. The molecule has 1 fully saturated rings. The van der Waals surface area contributed by atoms with Gasteiger partial charge in [0.2, 0.25) is 17.5 Å². The van der Waals surface area contributed by atoms with Crippen LogP contribution in [-0.4, -0.2) is 41.5 Å². The van der Waals surface area contributed by atoms with E-state index in [2.05, 4.69) is 15.6 Å². The molecule has 2 heterocycles. The third-order valence-corrected chi connectivity index (χ3v) is 2.79. The van der Waals surface area contributed by atoms with Crippen molar-refractivity contribution in [3.8, 4) is 0 Å². The maximum Gasteiger partial charge on any atom is 0.324 e. The molecule has 0 radical (unpaired) electrons. The number of carbonyl (C=O) groups excluding carboxylic acids is 2. The Balaban J connectivity index is 1.92. The fourth-order valence-electron chi connectivity index (χ4n) is 1.77. The van der Waals surface area contributed by atoms with Crippen LogP contribution in [0.5, 0.6) is 0 Å². The average Bonchev–Trinajstić information content (AvgIpc) is 2.75. The van der Waals surface area contributed by atoms with Crippen LogP contribution in [0, 0.1) is 23.5 Å². The summed E-state index contributed by atoms with van der Waals surface area (Å²) in [5.41, 5.74) is -0.975. The number of halogens is 4. The summed E-state index contributed by atoms with van der Waals surface area (Å²) in [5.74, 6) is -7.21. The third-order valence-electron chi connectivity index (χ3n) is 2.79. The predicted octanol–water partition coefficient (Wildman–Crippen LogP) is 0.992. The van der Waals surface area contributed by atoms with Crippen LogP contribution in [0.1, 0.15) is 6.42 Å². The Morgan fingerprint density at radius 2 is 1.76 bits per heavy atom. The van der Waals surface area contributed by atoms with Crippen LogP contribution in [-0.2, 0) is 4.79 Å². The first-order chi connectivity index (χ1) is 9.91. The molecular weight excluding hydrogens is 296 g/mol. The molecule has 21 heavy (non-hydrogen) atoms. The molecule has 114 valence electrons. The number of carbonyl (C=O) groups is 2. The molecule has 2 rings (SSSR count). The van der Waals surface area contributed by atoms with E-state index in [-0.39, 0.29) is 26.1 Å². The molecule has 1 aliphatic heterocycles. The molecule has 1 aliphatic rings. The Morgan fingerprint density at radius 3 is 2.29 bits per heavy atom. The van der Waals surface area contributed by atoms with Gasteiger partial charge in [0.05, 0.1) is 6.54 Å². The van der Waals surface area contributed by atoms with Crippen molar-refractivity contribution < 1.29 is 27.2 Å². The van der Waals surface area contributed by atoms with E-state index in [9.17, 15) is 27.2 Å². The zero-order chi connectivity index (χ0) is 15.6. The standard InChI is InChI=1S/C11H10F4N4O2/c12-6-8(7(13)10(15)18-9(6)14)16-2-1-3-19-5(20)4-17-11(19)21/h1-4H2,(H,16,18)(H,17,21). The fourth-order valence-corrected chi connectivity index (χ4v) is 1.77. The number of nitrogens with one attached hydrogen (secondary N) is 2. The first kappa shape index (κ1) is 15.0. The summed E-state index contributed by atoms with van der Waals surface area (Å²) in [5, 5.41) is 4.48. The molecule has 0 saturated carbocycles. The van der Waals surface area contributed by atoms with Gasteiger partial charge < -0.3 is 10.6 Å². The maximum atomic E-state index is 13.3. The van der Waals surface area contributed by atoms with Crippen molar-refractivity contribution in [3.63, 3.8) is 0 Å². The van der Waals surface area contributed by atoms with Gasteiger partial charge in [0.15, 0.2) is 0 Å². The van der Waals surface area contributed by atoms with E-state index in [1.54, 1.807) is 0 Å². The monoisotopic (exact) mass is 306 g/mol. The molecule has 2 N–H and O–H groups in total. The van der Waals surface area contributed by atoms with Gasteiger partial charge >= 0.3 is 6.03 Å². The lowest BCUT2D eigenvalue weighted by molar-refractivity contribution is -0.124. The van der Waals surface area contributed by atoms with Gasteiger partial charge in [-0.05, 0) is 6.42 Å². The summed E-state index contributed by atoms with van der Waals surface area (Å²) in [7, 11) is 0. The van der Waals surface area contributed by atoms with Gasteiger partial charge in [0.25, 0.3) is 11.9 Å². The van der Waals surface area contributed by atoms with Crippen molar-refractivity contribution in [3.05, 3.63) is 23.5 Å². The number of rotatable bonds is 5. The van der Waals surface area contributed by atoms with Crippen LogP contribution < -0.4 is 10.6 Å². The second-order valence-electron chi connectivity index (χ2n) is 4.18. The van der Waals surface area contributed by atoms with E-state index in [1.807, 2.05) is 0 Å². The highest BCUT2D eigenvalue weighted by Gasteiger charge is 2.27. The van der Waals surface area contributed by atoms with E-state index < -0.39 is 41.2 Å². The molecule has 0 aliphatic carbocycles. The van der Waals surface area contributed by atoms with E-state index >= 15 is 0 Å². The van der Waals surface area contributed by atoms with Crippen molar-refractivity contribution in [2.45, 2.75) is 6.42 Å². The zero-order valence-corrected chi connectivity index (χ0v) is 10.6. The molecule has 0 atom stereocenters. The summed E-state index contributed by atoms with van der Waals surface area (Å²) in [4.78, 5) is 25.8. The number of anilines is 1. The van der Waals surface area contributed by atoms with Crippen LogP contribution in [0.4, 0.5) is 28.0 Å². The lowest BCUT2D eigenvalue weighted by Gasteiger charge is -2.13. The second kappa shape index (κ2) is 5.94. The Kier molecular flexibility index (Phi) is 4.24. The van der Waals surface area contributed by atoms with Crippen LogP contribution in [0.25, 0.3) is 0 Å². The summed E-state index contributed by atoms with van der Waals surface area (Å²) in [6.45, 7) is -0.193. The first-order valence-electron chi connectivity index (χ1n) is 5.94. The molecule has 0 unspecified atom stereocenters. The molecule has 1 saturated heterocycles. The number of imide groups is 1. The molecular formula is C11H10F4N4O2. The SMILES string of the molecule is O=C1CNC(=O)N1CCCNc1c(F)c(F)nc(F)c1F. The normalized spacial score (nSPS) is 14.6. The number of aromatic nitrogens is 1. The van der Waals surface area contributed by atoms with E-state index in [4.69, 9.17) is 0 Å². The molecule has 1 aromatic rings. The zero-order valence-electron chi connectivity index (χ0n) is 10.6. The summed E-state index contributed by atoms with van der Waals surface area (Å²) < 4.78 is 52.2. The van der Waals surface area contributed by atoms with Crippen molar-refractivity contribution in [1.29, 1.82) is 0 Å². The summed E-state index contributed by atoms with van der Waals surface area (Å²) in [6.07, 6.45) is 0.142. The number of amides is 3. The molecule has 1 aromatic heterocycles. The lowest BCUT2D eigenvalue weighted by atomic mass is 10.3. The minimum absolute atomic E-state index is 0.0109. The van der Waals surface area contributed by atoms with Crippen molar-refractivity contribution in [2.75, 3.05) is 25.0 Å². The predicted molar refractivity (Wildman–Crippen MR) is 62.3 cm³/mol. The summed E-state index contributed by atoms with van der Waals surface area (Å²) in [6, 6.07) is -0.557. The molecule has 3 amide bonds. The van der Waals surface area contributed by atoms with Crippen LogP contribution in [0.3, 0.4) is 0 Å². The summed E-state index contributed by atoms with van der Waals surface area (Å²) >= 11 is 0. The number of pyridine rings is 1. The lowest BCUT2D eigenvalue weighted by Crippen LogP contribution is -2.32. The van der Waals surface area contributed by atoms with Crippen LogP contribution in [0.2, 0.25) is 0 Å². The maximum absolute atomic E-state index is 13.3. The van der Waals surface area contributed by atoms with Crippen molar-refractivity contribution in [1.82, 2.24) is 15.2 Å². The Hall–Kier alpha value is -2.39. The van der Waals surface area contributed by atoms with Gasteiger partial charge in [-0.2, -0.15) is 22.5 Å². The van der Waals surface area contributed by atoms with Crippen LogP contribution in [0.15, 0.2) is 0 Å². The fraction of sp³-hybridized carbons (Fsp3) is 0.364. The van der Waals surface area contributed by atoms with Gasteiger partial charge in [-0.15, -0.1) is 0 Å². The molecule has 10 heteroatoms. The quantitative estimate of drug-likeness (QED) is 0.368. The van der Waals surface area contributed by atoms with E-state index in [1.165, 1.54) is 0 Å². The number of hydrogen-bond donors (Lipinski definition) is 2. The molecule has 0 spiro atoms. The van der Waals surface area contributed by atoms with Crippen molar-refractivity contribution in [2.24, 2.45) is 0 Å². The molecule has 6 nitrogen and oxygen atoms in total. The Bertz CT molecular complexity index is 554. The Labute approximate surface area is 116 Å². The van der Waals surface area contributed by atoms with Gasteiger partial charge in [0, 0.05) is 13.1 Å². The average molecular weight is 306 g/mol. The molecule has 0 aromatic carbocycles. The highest BCUT2D eigenvalue weighted by molar-refractivity contribution is 6.01. The number of urea groups is 1. The smallest absolute Gasteiger partial charge is 0.324 e. The third kappa shape index (κ3) is 3.03. The van der Waals surface area contributed by atoms with Gasteiger partial charge in [0.1, 0.15) is 5.69 Å². The van der Waals surface area contributed by atoms with Gasteiger partial charge in [-0.3, -0.25) is 9.69 Å². The van der Waals surface area contributed by atoms with Crippen molar-refractivity contribution >= 4 is 17.6 Å². The topological polar surface area (TPSA) is 74.3 Å². The first-order valence-corrected chi connectivity index (χ1v) is 5.94. The van der Waals surface area contributed by atoms with Gasteiger partial charge in [-0.1, -0.05) is 0 Å². The number of nitrogens with zero attached hydrogens (tertiary/aromatic N) is 2.